The van der Waals surface area contributed by atoms with E-state index in [0.717, 1.165) is 39.9 Å². The average molecular weight is 386 g/mol. The number of rotatable bonds is 3. The van der Waals surface area contributed by atoms with E-state index in [1.807, 2.05) is 14.0 Å². The van der Waals surface area contributed by atoms with Crippen LogP contribution in [0.3, 0.4) is 0 Å². The van der Waals surface area contributed by atoms with Crippen LogP contribution in [0.2, 0.25) is 0 Å². The maximum Gasteiger partial charge on any atom is 0.154 e. The second-order valence-electron chi connectivity index (χ2n) is 7.16. The zero-order chi connectivity index (χ0) is 18.5. The molecule has 2 heterocycles. The summed E-state index contributed by atoms with van der Waals surface area (Å²) in [6.07, 6.45) is 1.40. The van der Waals surface area contributed by atoms with Gasteiger partial charge >= 0.3 is 0 Å². The zero-order valence-corrected chi connectivity index (χ0v) is 16.2. The van der Waals surface area contributed by atoms with Crippen molar-refractivity contribution in [2.24, 2.45) is 7.05 Å². The minimum atomic E-state index is -2.99. The molecule has 4 nitrogen and oxygen atoms in total. The number of methoxy groups -OCH3 is 1. The molecule has 0 atom stereocenters. The summed E-state index contributed by atoms with van der Waals surface area (Å²) < 4.78 is 31.8. The van der Waals surface area contributed by atoms with Crippen molar-refractivity contribution in [1.29, 1.82) is 0 Å². The summed E-state index contributed by atoms with van der Waals surface area (Å²) in [5.74, 6) is 1.30. The first-order valence-corrected chi connectivity index (χ1v) is 10.6. The Morgan fingerprint density at radius 1 is 1.11 bits per heavy atom. The summed E-state index contributed by atoms with van der Waals surface area (Å²) in [4.78, 5) is 0. The van der Waals surface area contributed by atoms with Gasteiger partial charge in [0, 0.05) is 30.1 Å². The maximum atomic E-state index is 12.1. The van der Waals surface area contributed by atoms with Gasteiger partial charge < -0.3 is 9.30 Å². The van der Waals surface area contributed by atoms with E-state index in [2.05, 4.69) is 41.0 Å². The first-order valence-electron chi connectivity index (χ1n) is 8.81. The minimum absolute atomic E-state index is 0. The molecule has 0 saturated heterocycles. The van der Waals surface area contributed by atoms with Gasteiger partial charge in [0.2, 0.25) is 0 Å². The fraction of sp³-hybridized carbons (Fsp3) is 0.364. The normalized spacial score (nSPS) is 15.2. The second kappa shape index (κ2) is 7.04. The van der Waals surface area contributed by atoms with Crippen LogP contribution in [0.15, 0.2) is 36.4 Å². The molecule has 0 fully saturated rings. The van der Waals surface area contributed by atoms with Gasteiger partial charge in [-0.05, 0) is 53.8 Å². The molecule has 3 aromatic rings. The number of sulfone groups is 1. The number of hydrogen-bond acceptors (Lipinski definition) is 3. The molecule has 144 valence electrons. The van der Waals surface area contributed by atoms with Crippen molar-refractivity contribution in [2.45, 2.75) is 32.9 Å². The summed E-state index contributed by atoms with van der Waals surface area (Å²) in [6.45, 7) is 2.03. The lowest BCUT2D eigenvalue weighted by Gasteiger charge is -2.14. The third-order valence-corrected chi connectivity index (χ3v) is 6.95. The van der Waals surface area contributed by atoms with Gasteiger partial charge in [-0.1, -0.05) is 25.6 Å². The molecule has 0 bridgehead atoms. The molecule has 0 N–H and O–H groups in total. The molecular weight excluding hydrogens is 358 g/mol. The summed E-state index contributed by atoms with van der Waals surface area (Å²) in [6, 6.07) is 12.7. The van der Waals surface area contributed by atoms with Crippen molar-refractivity contribution in [3.8, 4) is 5.75 Å². The number of fused-ring (bicyclic) bond motifs is 3. The van der Waals surface area contributed by atoms with Crippen LogP contribution in [-0.4, -0.2) is 25.8 Å². The van der Waals surface area contributed by atoms with E-state index in [4.69, 9.17) is 4.74 Å². The van der Waals surface area contributed by atoms with E-state index < -0.39 is 9.84 Å². The second-order valence-corrected chi connectivity index (χ2v) is 9.34. The molecule has 0 radical (unpaired) electrons. The minimum Gasteiger partial charge on any atom is -0.496 e. The molecule has 5 heteroatoms. The topological polar surface area (TPSA) is 48.3 Å². The van der Waals surface area contributed by atoms with E-state index in [0.29, 0.717) is 6.42 Å². The van der Waals surface area contributed by atoms with Gasteiger partial charge in [-0.3, -0.25) is 0 Å². The first-order chi connectivity index (χ1) is 12.4. The fourth-order valence-corrected chi connectivity index (χ4v) is 5.38. The average Bonchev–Trinajstić information content (AvgIpc) is 2.87. The molecule has 0 amide bonds. The molecule has 0 saturated carbocycles. The summed E-state index contributed by atoms with van der Waals surface area (Å²) in [5.41, 5.74) is 6.73. The molecule has 4 rings (SSSR count). The Hall–Kier alpha value is -2.27. The van der Waals surface area contributed by atoms with Crippen LogP contribution in [0, 0.1) is 6.92 Å². The van der Waals surface area contributed by atoms with Gasteiger partial charge in [-0.25, -0.2) is 8.42 Å². The fourth-order valence-electron chi connectivity index (χ4n) is 3.96. The first kappa shape index (κ1) is 19.5. The monoisotopic (exact) mass is 385 g/mol. The van der Waals surface area contributed by atoms with E-state index in [-0.39, 0.29) is 18.9 Å². The lowest BCUT2D eigenvalue weighted by atomic mass is 10.0. The molecule has 0 spiro atoms. The quantitative estimate of drug-likeness (QED) is 0.679. The summed E-state index contributed by atoms with van der Waals surface area (Å²) in [7, 11) is 0.731. The van der Waals surface area contributed by atoms with E-state index in [1.54, 1.807) is 7.11 Å². The summed E-state index contributed by atoms with van der Waals surface area (Å²) >= 11 is 0. The highest BCUT2D eigenvalue weighted by Gasteiger charge is 2.26. The molecule has 1 aliphatic heterocycles. The standard InChI is InChI=1S/C21H23NO3S.CH4/c1-14-4-5-16(12-21(14)25-3)10-15-6-7-19-17(11-15)18-13-26(23,24)9-8-20(18)22(19)2;/h4-7,11-12H,8-10,13H2,1-3H3;1H4. The third kappa shape index (κ3) is 3.48. The smallest absolute Gasteiger partial charge is 0.154 e. The van der Waals surface area contributed by atoms with Gasteiger partial charge in [-0.2, -0.15) is 0 Å². The number of ether oxygens (including phenoxy) is 1. The van der Waals surface area contributed by atoms with Gasteiger partial charge in [0.25, 0.3) is 0 Å². The molecule has 1 aromatic heterocycles. The van der Waals surface area contributed by atoms with Crippen LogP contribution in [-0.2, 0) is 35.5 Å². The number of benzene rings is 2. The van der Waals surface area contributed by atoms with Gasteiger partial charge in [0.1, 0.15) is 5.75 Å². The van der Waals surface area contributed by atoms with Crippen molar-refractivity contribution in [3.63, 3.8) is 0 Å². The highest BCUT2D eigenvalue weighted by molar-refractivity contribution is 7.90. The highest BCUT2D eigenvalue weighted by atomic mass is 32.2. The third-order valence-electron chi connectivity index (χ3n) is 5.40. The van der Waals surface area contributed by atoms with Gasteiger partial charge in [-0.15, -0.1) is 0 Å². The SMILES string of the molecule is C.COc1cc(Cc2ccc3c(c2)c2c(n3C)CCS(=O)(=O)C2)ccc1C. The maximum absolute atomic E-state index is 12.1. The molecule has 27 heavy (non-hydrogen) atoms. The summed E-state index contributed by atoms with van der Waals surface area (Å²) in [5, 5.41) is 1.07. The van der Waals surface area contributed by atoms with E-state index in [9.17, 15) is 8.42 Å². The Kier molecular flexibility index (Phi) is 5.08. The zero-order valence-electron chi connectivity index (χ0n) is 15.4. The van der Waals surface area contributed by atoms with Crippen molar-refractivity contribution >= 4 is 20.7 Å². The lowest BCUT2D eigenvalue weighted by molar-refractivity contribution is 0.411. The van der Waals surface area contributed by atoms with Gasteiger partial charge in [0.15, 0.2) is 9.84 Å². The predicted molar refractivity (Wildman–Crippen MR) is 111 cm³/mol. The van der Waals surface area contributed by atoms with Gasteiger partial charge in [0.05, 0.1) is 18.6 Å². The highest BCUT2D eigenvalue weighted by Crippen LogP contribution is 2.32. The Morgan fingerprint density at radius 2 is 1.81 bits per heavy atom. The van der Waals surface area contributed by atoms with Crippen molar-refractivity contribution < 1.29 is 13.2 Å². The van der Waals surface area contributed by atoms with Crippen molar-refractivity contribution in [3.05, 3.63) is 64.3 Å². The Morgan fingerprint density at radius 3 is 2.56 bits per heavy atom. The van der Waals surface area contributed by atoms with Crippen molar-refractivity contribution in [2.75, 3.05) is 12.9 Å². The van der Waals surface area contributed by atoms with E-state index in [1.165, 1.54) is 11.1 Å². The van der Waals surface area contributed by atoms with Crippen LogP contribution >= 0.6 is 0 Å². The number of aromatic nitrogens is 1. The van der Waals surface area contributed by atoms with Crippen LogP contribution in [0.1, 0.15) is 35.4 Å². The Labute approximate surface area is 161 Å². The van der Waals surface area contributed by atoms with Crippen LogP contribution in [0.25, 0.3) is 10.9 Å². The molecule has 1 aliphatic rings. The predicted octanol–water partition coefficient (Wildman–Crippen LogP) is 4.19. The van der Waals surface area contributed by atoms with Crippen LogP contribution in [0.4, 0.5) is 0 Å². The van der Waals surface area contributed by atoms with Crippen LogP contribution < -0.4 is 4.74 Å². The Bertz CT molecular complexity index is 1110. The van der Waals surface area contributed by atoms with Crippen molar-refractivity contribution in [1.82, 2.24) is 4.57 Å². The van der Waals surface area contributed by atoms with Crippen LogP contribution in [0.5, 0.6) is 5.75 Å². The number of nitrogens with zero attached hydrogens (tertiary/aromatic N) is 1. The molecule has 0 unspecified atom stereocenters. The largest absolute Gasteiger partial charge is 0.496 e. The number of aryl methyl sites for hydroxylation is 2. The Balaban J connectivity index is 0.00000210. The number of hydrogen-bond donors (Lipinski definition) is 0. The molecule has 2 aromatic carbocycles. The molecule has 0 aliphatic carbocycles. The molecular formula is C22H27NO3S. The lowest BCUT2D eigenvalue weighted by Crippen LogP contribution is -2.19. The van der Waals surface area contributed by atoms with E-state index >= 15 is 0 Å².